The van der Waals surface area contributed by atoms with Gasteiger partial charge in [0.05, 0.1) is 26.4 Å². The zero-order chi connectivity index (χ0) is 78.9. The smallest absolute Gasteiger partial charge is 0.462 e. The van der Waals surface area contributed by atoms with E-state index in [1.165, 1.54) is 0 Å². The molecule has 5 atom stereocenters. The molecule has 0 spiro atoms. The van der Waals surface area contributed by atoms with Gasteiger partial charge in [-0.3, -0.25) is 37.3 Å². The molecule has 17 nitrogen and oxygen atoms in total. The van der Waals surface area contributed by atoms with E-state index in [1.807, 2.05) is 0 Å². The molecule has 616 valence electrons. The summed E-state index contributed by atoms with van der Waals surface area (Å²) in [7, 11) is -9.99. The van der Waals surface area contributed by atoms with Gasteiger partial charge in [0.15, 0.2) is 12.2 Å². The second-order valence-corrected chi connectivity index (χ2v) is 30.1. The van der Waals surface area contributed by atoms with Crippen LogP contribution < -0.4 is 0 Å². The van der Waals surface area contributed by atoms with E-state index in [2.05, 4.69) is 186 Å². The van der Waals surface area contributed by atoms with E-state index < -0.39 is 97.5 Å². The van der Waals surface area contributed by atoms with Crippen molar-refractivity contribution >= 4 is 39.5 Å². The number of esters is 4. The highest BCUT2D eigenvalue weighted by atomic mass is 31.2. The molecule has 0 aromatic heterocycles. The van der Waals surface area contributed by atoms with Gasteiger partial charge in [0, 0.05) is 25.7 Å². The summed E-state index contributed by atoms with van der Waals surface area (Å²) in [5.74, 6) is -2.23. The van der Waals surface area contributed by atoms with E-state index in [9.17, 15) is 43.2 Å². The minimum Gasteiger partial charge on any atom is -0.462 e. The SMILES string of the molecule is CC/C=C\C/C=C\C/C=C\C/C=C\CCCCCCC(=O)OCC(COP(=O)(O)OCC(O)COP(=O)(O)OCC(COC(=O)CCCCCCCCC/C=C\C/C=C\C/C=C\CC)OC(=O)CCCCCCCCC/C=C\C/C=C\C/C=C\CC)OC(=O)CCCCCCCCC/C=C\C/C=C\C/C=C\CC. The van der Waals surface area contributed by atoms with Crippen LogP contribution in [0.1, 0.15) is 323 Å². The highest BCUT2D eigenvalue weighted by molar-refractivity contribution is 7.47. The third kappa shape index (κ3) is 78.8. The number of aliphatic hydroxyl groups is 1. The van der Waals surface area contributed by atoms with Gasteiger partial charge in [-0.1, -0.05) is 295 Å². The molecule has 3 N–H and O–H groups in total. The maximum atomic E-state index is 13.1. The number of phosphoric acid groups is 2. The van der Waals surface area contributed by atoms with E-state index in [0.717, 1.165) is 244 Å². The van der Waals surface area contributed by atoms with E-state index in [-0.39, 0.29) is 25.7 Å². The second kappa shape index (κ2) is 79.8. The maximum absolute atomic E-state index is 13.1. The third-order valence-corrected chi connectivity index (χ3v) is 18.9. The summed E-state index contributed by atoms with van der Waals surface area (Å²) < 4.78 is 68.8. The van der Waals surface area contributed by atoms with Crippen LogP contribution in [0.2, 0.25) is 0 Å². The van der Waals surface area contributed by atoms with Crippen molar-refractivity contribution in [1.29, 1.82) is 0 Å². The lowest BCUT2D eigenvalue weighted by Gasteiger charge is -2.21. The van der Waals surface area contributed by atoms with Gasteiger partial charge in [-0.2, -0.15) is 0 Å². The van der Waals surface area contributed by atoms with E-state index in [4.69, 9.17) is 37.0 Å². The predicted octanol–water partition coefficient (Wildman–Crippen LogP) is 24.8. The number of hydrogen-bond donors (Lipinski definition) is 3. The summed E-state index contributed by atoms with van der Waals surface area (Å²) in [6.45, 7) is 4.39. The lowest BCUT2D eigenvalue weighted by Crippen LogP contribution is -2.30. The molecule has 0 aliphatic heterocycles. The predicted molar refractivity (Wildman–Crippen MR) is 445 cm³/mol. The average Bonchev–Trinajstić information content (AvgIpc) is 0.880. The van der Waals surface area contributed by atoms with Crippen molar-refractivity contribution in [1.82, 2.24) is 0 Å². The molecule has 0 aromatic rings. The normalized spacial score (nSPS) is 14.6. The van der Waals surface area contributed by atoms with Crippen molar-refractivity contribution in [3.8, 4) is 0 Å². The van der Waals surface area contributed by atoms with Crippen LogP contribution in [0.4, 0.5) is 0 Å². The second-order valence-electron chi connectivity index (χ2n) is 27.2. The topological polar surface area (TPSA) is 237 Å². The Morgan fingerprint density at radius 3 is 0.694 bits per heavy atom. The van der Waals surface area contributed by atoms with Gasteiger partial charge >= 0.3 is 39.5 Å². The van der Waals surface area contributed by atoms with Gasteiger partial charge in [-0.05, 0) is 161 Å². The van der Waals surface area contributed by atoms with Crippen LogP contribution in [0.3, 0.4) is 0 Å². The zero-order valence-electron chi connectivity index (χ0n) is 67.5. The quantitative estimate of drug-likeness (QED) is 0.0169. The van der Waals surface area contributed by atoms with E-state index in [0.29, 0.717) is 25.7 Å². The molecule has 0 bridgehead atoms. The highest BCUT2D eigenvalue weighted by Crippen LogP contribution is 2.45. The largest absolute Gasteiger partial charge is 0.472 e. The summed E-state index contributed by atoms with van der Waals surface area (Å²) in [6, 6.07) is 0. The molecule has 19 heteroatoms. The van der Waals surface area contributed by atoms with Crippen molar-refractivity contribution < 1.29 is 80.2 Å². The Morgan fingerprint density at radius 2 is 0.454 bits per heavy atom. The molecule has 0 amide bonds. The van der Waals surface area contributed by atoms with Crippen LogP contribution in [0, 0.1) is 0 Å². The van der Waals surface area contributed by atoms with E-state index in [1.54, 1.807) is 0 Å². The van der Waals surface area contributed by atoms with Crippen molar-refractivity contribution in [2.24, 2.45) is 0 Å². The minimum absolute atomic E-state index is 0.0733. The molecule has 0 aliphatic rings. The lowest BCUT2D eigenvalue weighted by molar-refractivity contribution is -0.161. The summed E-state index contributed by atoms with van der Waals surface area (Å²) in [6.07, 6.45) is 93.4. The number of carbonyl (C=O) groups excluding carboxylic acids is 4. The first-order valence-corrected chi connectivity index (χ1v) is 44.7. The van der Waals surface area contributed by atoms with Gasteiger partial charge in [-0.25, -0.2) is 9.13 Å². The number of phosphoric ester groups is 2. The molecule has 0 radical (unpaired) electrons. The van der Waals surface area contributed by atoms with Gasteiger partial charge in [-0.15, -0.1) is 0 Å². The number of rotatable bonds is 77. The number of allylic oxidation sites excluding steroid dienone is 26. The Hall–Kier alpha value is -5.32. The summed E-state index contributed by atoms with van der Waals surface area (Å²) in [4.78, 5) is 73.2. The van der Waals surface area contributed by atoms with Crippen LogP contribution >= 0.6 is 15.6 Å². The average molecular weight is 1550 g/mol. The van der Waals surface area contributed by atoms with Crippen molar-refractivity contribution in [2.75, 3.05) is 39.6 Å². The van der Waals surface area contributed by atoms with Gasteiger partial charge in [0.1, 0.15) is 19.3 Å². The monoisotopic (exact) mass is 1550 g/mol. The van der Waals surface area contributed by atoms with Crippen LogP contribution in [0.25, 0.3) is 0 Å². The Labute approximate surface area is 655 Å². The fraction of sp³-hybridized carbons (Fsp3) is 0.663. The first kappa shape index (κ1) is 103. The molecule has 0 saturated carbocycles. The van der Waals surface area contributed by atoms with Crippen LogP contribution in [0.15, 0.2) is 158 Å². The molecule has 0 heterocycles. The van der Waals surface area contributed by atoms with Crippen molar-refractivity contribution in [3.05, 3.63) is 158 Å². The molecule has 0 fully saturated rings. The summed E-state index contributed by atoms with van der Waals surface area (Å²) >= 11 is 0. The molecule has 0 aliphatic carbocycles. The fourth-order valence-electron chi connectivity index (χ4n) is 10.8. The van der Waals surface area contributed by atoms with Gasteiger partial charge in [0.2, 0.25) is 0 Å². The Kier molecular flexibility index (Phi) is 75.8. The number of aliphatic hydroxyl groups excluding tert-OH is 1. The molecule has 108 heavy (non-hydrogen) atoms. The van der Waals surface area contributed by atoms with Gasteiger partial charge in [0.25, 0.3) is 0 Å². The van der Waals surface area contributed by atoms with Gasteiger partial charge < -0.3 is 33.8 Å². The zero-order valence-corrected chi connectivity index (χ0v) is 69.3. The molecule has 0 saturated heterocycles. The first-order chi connectivity index (χ1) is 52.7. The molecule has 0 rings (SSSR count). The first-order valence-electron chi connectivity index (χ1n) is 41.7. The number of ether oxygens (including phenoxy) is 4. The fourth-order valence-corrected chi connectivity index (χ4v) is 12.4. The molecular formula is C89H148O17P2. The lowest BCUT2D eigenvalue weighted by atomic mass is 10.1. The Morgan fingerprint density at radius 1 is 0.259 bits per heavy atom. The number of unbranched alkanes of at least 4 members (excludes halogenated alkanes) is 25. The van der Waals surface area contributed by atoms with E-state index >= 15 is 0 Å². The summed E-state index contributed by atoms with van der Waals surface area (Å²) in [5, 5.41) is 10.7. The minimum atomic E-state index is -5.00. The van der Waals surface area contributed by atoms with Crippen LogP contribution in [-0.4, -0.2) is 96.7 Å². The Bertz CT molecular complexity index is 2660. The molecule has 5 unspecified atom stereocenters. The van der Waals surface area contributed by atoms with Crippen molar-refractivity contribution in [3.63, 3.8) is 0 Å². The third-order valence-electron chi connectivity index (χ3n) is 17.0. The molecular weight excluding hydrogens is 1400 g/mol. The molecule has 0 aromatic carbocycles. The standard InChI is InChI=1S/C89H148O17P2/c1-5-9-13-17-21-25-29-33-37-41-45-49-53-57-61-65-69-73-86(91)99-79-84(105-88(93)75-71-67-63-59-55-51-47-43-39-35-31-27-23-19-15-11-7-3)81-103-107(95,96)101-77-83(90)78-102-108(97,98)104-82-85(106-89(94)76-72-68-64-60-56-52-48-44-40-36-32-28-24-20-16-12-8-4)80-100-87(92)74-70-66-62-58-54-50-46-42-38-34-30-26-22-18-14-10-6-2/h9-16,21-28,33-40,45,49,83-85,90H,5-8,17-20,29-32,41-44,46-48,50-82H2,1-4H3,(H,95,96)(H,97,98)/b13-9-,14-10-,15-11-,16-12-,25-21-,26-22-,27-23-,28-24-,37-33-,38-34-,39-35-,40-36-,49-45-. The van der Waals surface area contributed by atoms with Crippen molar-refractivity contribution in [2.45, 2.75) is 341 Å². The van der Waals surface area contributed by atoms with Crippen LogP contribution in [0.5, 0.6) is 0 Å². The highest BCUT2D eigenvalue weighted by Gasteiger charge is 2.30. The number of carbonyl (C=O) groups is 4. The Balaban J connectivity index is 5.43. The van der Waals surface area contributed by atoms with Crippen LogP contribution in [-0.2, 0) is 65.4 Å². The maximum Gasteiger partial charge on any atom is 0.472 e. The summed E-state index contributed by atoms with van der Waals surface area (Å²) in [5.41, 5.74) is 0. The number of hydrogen-bond acceptors (Lipinski definition) is 15.